The zero-order valence-corrected chi connectivity index (χ0v) is 11.2. The maximum absolute atomic E-state index is 13.0. The summed E-state index contributed by atoms with van der Waals surface area (Å²) in [6.07, 6.45) is -0.0347. The molecule has 0 saturated carbocycles. The van der Waals surface area contributed by atoms with Crippen molar-refractivity contribution in [2.24, 2.45) is 5.92 Å². The number of hydrogen-bond donors (Lipinski definition) is 1. The molecule has 1 aromatic carbocycles. The number of carbonyl (C=O) groups is 2. The van der Waals surface area contributed by atoms with Crippen molar-refractivity contribution in [2.75, 3.05) is 6.61 Å². The van der Waals surface area contributed by atoms with Crippen LogP contribution in [0.3, 0.4) is 0 Å². The Bertz CT molecular complexity index is 461. The van der Waals surface area contributed by atoms with Gasteiger partial charge in [0, 0.05) is 0 Å². The standard InChI is InChI=1S/C12H12BrFO4/c1-2-18-12(17)8(11(15)16)5-7-3-4-10(14)9(13)6-7/h3-4,6,8H,2,5H2,1H3,(H,15,16). The largest absolute Gasteiger partial charge is 0.481 e. The number of carboxylic acids is 1. The van der Waals surface area contributed by atoms with E-state index < -0.39 is 23.7 Å². The van der Waals surface area contributed by atoms with Crippen molar-refractivity contribution in [3.05, 3.63) is 34.1 Å². The lowest BCUT2D eigenvalue weighted by Gasteiger charge is -2.11. The molecule has 6 heteroatoms. The molecule has 0 saturated heterocycles. The van der Waals surface area contributed by atoms with Crippen LogP contribution < -0.4 is 0 Å². The maximum atomic E-state index is 13.0. The van der Waals surface area contributed by atoms with Crippen LogP contribution in [0.2, 0.25) is 0 Å². The predicted octanol–water partition coefficient (Wildman–Crippen LogP) is 2.39. The van der Waals surface area contributed by atoms with Gasteiger partial charge in [0.05, 0.1) is 11.1 Å². The summed E-state index contributed by atoms with van der Waals surface area (Å²) in [4.78, 5) is 22.4. The van der Waals surface area contributed by atoms with Gasteiger partial charge in [0.15, 0.2) is 5.92 Å². The van der Waals surface area contributed by atoms with Crippen LogP contribution in [0.1, 0.15) is 12.5 Å². The molecule has 0 amide bonds. The average Bonchev–Trinajstić information content (AvgIpc) is 2.30. The van der Waals surface area contributed by atoms with Gasteiger partial charge in [0.1, 0.15) is 5.82 Å². The highest BCUT2D eigenvalue weighted by Crippen LogP contribution is 2.19. The lowest BCUT2D eigenvalue weighted by atomic mass is 9.99. The summed E-state index contributed by atoms with van der Waals surface area (Å²) in [7, 11) is 0. The van der Waals surface area contributed by atoms with Gasteiger partial charge in [-0.05, 0) is 47.0 Å². The molecule has 0 radical (unpaired) electrons. The minimum absolute atomic E-state index is 0.0347. The Labute approximate surface area is 112 Å². The van der Waals surface area contributed by atoms with Gasteiger partial charge in [-0.2, -0.15) is 0 Å². The van der Waals surface area contributed by atoms with Crippen LogP contribution in [0, 0.1) is 11.7 Å². The summed E-state index contributed by atoms with van der Waals surface area (Å²) >= 11 is 3.00. The molecule has 1 N–H and O–H groups in total. The van der Waals surface area contributed by atoms with E-state index in [1.54, 1.807) is 6.92 Å². The number of rotatable bonds is 5. The van der Waals surface area contributed by atoms with E-state index in [2.05, 4.69) is 20.7 Å². The predicted molar refractivity (Wildman–Crippen MR) is 65.6 cm³/mol. The molecular weight excluding hydrogens is 307 g/mol. The van der Waals surface area contributed by atoms with Gasteiger partial charge in [-0.3, -0.25) is 9.59 Å². The fourth-order valence-electron chi connectivity index (χ4n) is 1.42. The molecule has 0 heterocycles. The van der Waals surface area contributed by atoms with Crippen molar-refractivity contribution < 1.29 is 23.8 Å². The van der Waals surface area contributed by atoms with E-state index in [4.69, 9.17) is 5.11 Å². The molecule has 0 spiro atoms. The van der Waals surface area contributed by atoms with Crippen molar-refractivity contribution >= 4 is 27.9 Å². The molecule has 98 valence electrons. The molecule has 4 nitrogen and oxygen atoms in total. The second-order valence-electron chi connectivity index (χ2n) is 3.60. The van der Waals surface area contributed by atoms with E-state index in [1.807, 2.05) is 0 Å². The molecule has 0 aliphatic carbocycles. The molecule has 0 aliphatic heterocycles. The molecule has 0 bridgehead atoms. The third-order valence-electron chi connectivity index (χ3n) is 2.29. The van der Waals surface area contributed by atoms with Gasteiger partial charge >= 0.3 is 11.9 Å². The lowest BCUT2D eigenvalue weighted by Crippen LogP contribution is -2.28. The minimum atomic E-state index is -1.28. The monoisotopic (exact) mass is 318 g/mol. The molecule has 1 aromatic rings. The van der Waals surface area contributed by atoms with Gasteiger partial charge in [-0.15, -0.1) is 0 Å². The summed E-state index contributed by atoms with van der Waals surface area (Å²) in [6, 6.07) is 4.10. The van der Waals surface area contributed by atoms with Crippen LogP contribution in [-0.4, -0.2) is 23.7 Å². The normalized spacial score (nSPS) is 11.9. The molecular formula is C12H12BrFO4. The molecule has 1 atom stereocenters. The number of esters is 1. The van der Waals surface area contributed by atoms with Gasteiger partial charge in [-0.1, -0.05) is 6.07 Å². The smallest absolute Gasteiger partial charge is 0.320 e. The molecule has 1 unspecified atom stereocenters. The van der Waals surface area contributed by atoms with Crippen molar-refractivity contribution in [1.82, 2.24) is 0 Å². The zero-order chi connectivity index (χ0) is 13.7. The number of ether oxygens (including phenoxy) is 1. The van der Waals surface area contributed by atoms with Crippen molar-refractivity contribution in [3.8, 4) is 0 Å². The quantitative estimate of drug-likeness (QED) is 0.669. The number of carbonyl (C=O) groups excluding carboxylic acids is 1. The van der Waals surface area contributed by atoms with Crippen LogP contribution in [0.15, 0.2) is 22.7 Å². The van der Waals surface area contributed by atoms with Gasteiger partial charge in [0.25, 0.3) is 0 Å². The van der Waals surface area contributed by atoms with E-state index in [0.29, 0.717) is 5.56 Å². The first kappa shape index (κ1) is 14.6. The fourth-order valence-corrected chi connectivity index (χ4v) is 1.84. The molecule has 18 heavy (non-hydrogen) atoms. The molecule has 0 aromatic heterocycles. The number of carboxylic acid groups (broad SMARTS) is 1. The summed E-state index contributed by atoms with van der Waals surface area (Å²) < 4.78 is 17.9. The van der Waals surface area contributed by atoms with E-state index in [9.17, 15) is 14.0 Å². The Kier molecular flexibility index (Phi) is 5.27. The highest BCUT2D eigenvalue weighted by Gasteiger charge is 2.28. The summed E-state index contributed by atoms with van der Waals surface area (Å²) in [5.41, 5.74) is 0.545. The lowest BCUT2D eigenvalue weighted by molar-refractivity contribution is -0.158. The van der Waals surface area contributed by atoms with Crippen molar-refractivity contribution in [1.29, 1.82) is 0 Å². The van der Waals surface area contributed by atoms with Gasteiger partial charge in [-0.25, -0.2) is 4.39 Å². The second-order valence-corrected chi connectivity index (χ2v) is 4.45. The van der Waals surface area contributed by atoms with E-state index in [-0.39, 0.29) is 17.5 Å². The highest BCUT2D eigenvalue weighted by molar-refractivity contribution is 9.10. The summed E-state index contributed by atoms with van der Waals surface area (Å²) in [5, 5.41) is 8.97. The minimum Gasteiger partial charge on any atom is -0.481 e. The summed E-state index contributed by atoms with van der Waals surface area (Å²) in [6.45, 7) is 1.72. The van der Waals surface area contributed by atoms with Gasteiger partial charge in [0.2, 0.25) is 0 Å². The SMILES string of the molecule is CCOC(=O)C(Cc1ccc(F)c(Br)c1)C(=O)O. The first-order chi connectivity index (χ1) is 8.45. The van der Waals surface area contributed by atoms with Crippen LogP contribution in [-0.2, 0) is 20.7 Å². The number of hydrogen-bond acceptors (Lipinski definition) is 3. The zero-order valence-electron chi connectivity index (χ0n) is 9.65. The average molecular weight is 319 g/mol. The fraction of sp³-hybridized carbons (Fsp3) is 0.333. The Hall–Kier alpha value is -1.43. The first-order valence-corrected chi connectivity index (χ1v) is 6.08. The van der Waals surface area contributed by atoms with Gasteiger partial charge < -0.3 is 9.84 Å². The van der Waals surface area contributed by atoms with Crippen molar-refractivity contribution in [2.45, 2.75) is 13.3 Å². The maximum Gasteiger partial charge on any atom is 0.320 e. The second kappa shape index (κ2) is 6.49. The topological polar surface area (TPSA) is 63.6 Å². The Balaban J connectivity index is 2.86. The van der Waals surface area contributed by atoms with Crippen LogP contribution in [0.5, 0.6) is 0 Å². The Morgan fingerprint density at radius 1 is 1.50 bits per heavy atom. The summed E-state index contributed by atoms with van der Waals surface area (Å²) in [5.74, 6) is -3.76. The van der Waals surface area contributed by atoms with Crippen LogP contribution in [0.4, 0.5) is 4.39 Å². The van der Waals surface area contributed by atoms with E-state index >= 15 is 0 Å². The third-order valence-corrected chi connectivity index (χ3v) is 2.90. The van der Waals surface area contributed by atoms with E-state index in [1.165, 1.54) is 18.2 Å². The van der Waals surface area contributed by atoms with Crippen LogP contribution in [0.25, 0.3) is 0 Å². The Morgan fingerprint density at radius 2 is 2.17 bits per heavy atom. The number of aliphatic carboxylic acids is 1. The number of benzene rings is 1. The first-order valence-electron chi connectivity index (χ1n) is 5.29. The molecule has 1 rings (SSSR count). The highest BCUT2D eigenvalue weighted by atomic mass is 79.9. The van der Waals surface area contributed by atoms with Crippen LogP contribution >= 0.6 is 15.9 Å². The van der Waals surface area contributed by atoms with E-state index in [0.717, 1.165) is 0 Å². The third kappa shape index (κ3) is 3.80. The molecule has 0 aliphatic rings. The number of halogens is 2. The Morgan fingerprint density at radius 3 is 2.67 bits per heavy atom. The molecule has 0 fully saturated rings. The van der Waals surface area contributed by atoms with Crippen molar-refractivity contribution in [3.63, 3.8) is 0 Å².